The molecule has 0 aliphatic rings. The number of hydrogen-bond acceptors (Lipinski definition) is 2. The van der Waals surface area contributed by atoms with Crippen LogP contribution in [0.5, 0.6) is 0 Å². The van der Waals surface area contributed by atoms with Gasteiger partial charge in [-0.1, -0.05) is 6.92 Å². The van der Waals surface area contributed by atoms with E-state index < -0.39 is 5.97 Å². The van der Waals surface area contributed by atoms with Crippen molar-refractivity contribution in [1.82, 2.24) is 0 Å². The van der Waals surface area contributed by atoms with Crippen molar-refractivity contribution in [2.24, 2.45) is 0 Å². The minimum atomic E-state index is -0.802. The van der Waals surface area contributed by atoms with Gasteiger partial charge >= 0.3 is 5.97 Å². The molecule has 3 heteroatoms. The second kappa shape index (κ2) is 5.23. The molecule has 0 saturated carbocycles. The van der Waals surface area contributed by atoms with Gasteiger partial charge in [-0.05, 0) is 13.3 Å². The topological polar surface area (TPSA) is 46.5 Å². The molecule has 0 unspecified atom stereocenters. The predicted octanol–water partition coefficient (Wildman–Crippen LogP) is 1.28. The molecule has 1 N–H and O–H groups in total. The third-order valence-corrected chi connectivity index (χ3v) is 1.07. The third-order valence-electron chi connectivity index (χ3n) is 1.07. The maximum atomic E-state index is 10.1. The average molecular weight is 146 g/mol. The van der Waals surface area contributed by atoms with Gasteiger partial charge in [-0.2, -0.15) is 0 Å². The molecular formula is C7H14O3. The first kappa shape index (κ1) is 9.43. The van der Waals surface area contributed by atoms with E-state index in [-0.39, 0.29) is 12.5 Å². The van der Waals surface area contributed by atoms with Gasteiger partial charge in [0.2, 0.25) is 0 Å². The van der Waals surface area contributed by atoms with Crippen LogP contribution in [-0.4, -0.2) is 23.8 Å². The summed E-state index contributed by atoms with van der Waals surface area (Å²) in [5, 5.41) is 8.30. The minimum Gasteiger partial charge on any atom is -0.481 e. The van der Waals surface area contributed by atoms with Crippen LogP contribution in [-0.2, 0) is 9.53 Å². The van der Waals surface area contributed by atoms with E-state index in [2.05, 4.69) is 0 Å². The average Bonchev–Trinajstić information content (AvgIpc) is 1.82. The van der Waals surface area contributed by atoms with E-state index in [1.54, 1.807) is 6.92 Å². The molecule has 0 saturated heterocycles. The monoisotopic (exact) mass is 146 g/mol. The molecule has 0 aromatic heterocycles. The maximum absolute atomic E-state index is 10.1. The Labute approximate surface area is 61.0 Å². The number of carbonyl (C=O) groups is 1. The Hall–Kier alpha value is -0.570. The number of hydrogen-bond donors (Lipinski definition) is 1. The number of aliphatic carboxylic acids is 1. The quantitative estimate of drug-likeness (QED) is 0.635. The van der Waals surface area contributed by atoms with Crippen LogP contribution in [0.25, 0.3) is 0 Å². The lowest BCUT2D eigenvalue weighted by molar-refractivity contribution is -0.139. The fraction of sp³-hybridized carbons (Fsp3) is 0.857. The molecule has 0 spiro atoms. The van der Waals surface area contributed by atoms with Gasteiger partial charge in [0.15, 0.2) is 0 Å². The lowest BCUT2D eigenvalue weighted by Crippen LogP contribution is -2.13. The molecule has 60 valence electrons. The molecule has 0 aliphatic heterocycles. The van der Waals surface area contributed by atoms with Crippen molar-refractivity contribution in [1.29, 1.82) is 0 Å². The maximum Gasteiger partial charge on any atom is 0.305 e. The zero-order valence-corrected chi connectivity index (χ0v) is 6.46. The van der Waals surface area contributed by atoms with E-state index in [0.29, 0.717) is 6.61 Å². The van der Waals surface area contributed by atoms with Crippen LogP contribution in [0.15, 0.2) is 0 Å². The Morgan fingerprint density at radius 2 is 2.30 bits per heavy atom. The Kier molecular flexibility index (Phi) is 4.94. The molecule has 10 heavy (non-hydrogen) atoms. The molecule has 1 atom stereocenters. The van der Waals surface area contributed by atoms with Crippen molar-refractivity contribution < 1.29 is 14.6 Å². The number of rotatable bonds is 5. The van der Waals surface area contributed by atoms with Crippen LogP contribution >= 0.6 is 0 Å². The number of ether oxygens (including phenoxy) is 1. The summed E-state index contributed by atoms with van der Waals surface area (Å²) in [6, 6.07) is 0. The SMILES string of the molecule is CCCO[C@@H](C)CC(=O)O. The lowest BCUT2D eigenvalue weighted by atomic mass is 10.3. The molecule has 0 amide bonds. The summed E-state index contributed by atoms with van der Waals surface area (Å²) >= 11 is 0. The molecule has 0 aromatic rings. The van der Waals surface area contributed by atoms with Gasteiger partial charge in [-0.15, -0.1) is 0 Å². The highest BCUT2D eigenvalue weighted by molar-refractivity contribution is 5.67. The van der Waals surface area contributed by atoms with Crippen molar-refractivity contribution in [3.8, 4) is 0 Å². The van der Waals surface area contributed by atoms with Crippen LogP contribution in [0.2, 0.25) is 0 Å². The van der Waals surface area contributed by atoms with Crippen molar-refractivity contribution in [3.63, 3.8) is 0 Å². The second-order valence-corrected chi connectivity index (χ2v) is 2.28. The van der Waals surface area contributed by atoms with E-state index in [4.69, 9.17) is 9.84 Å². The van der Waals surface area contributed by atoms with Crippen molar-refractivity contribution in [2.45, 2.75) is 32.8 Å². The van der Waals surface area contributed by atoms with Gasteiger partial charge < -0.3 is 9.84 Å². The number of carboxylic acid groups (broad SMARTS) is 1. The molecule has 0 aliphatic carbocycles. The molecule has 0 aromatic carbocycles. The van der Waals surface area contributed by atoms with E-state index in [9.17, 15) is 4.79 Å². The normalized spacial score (nSPS) is 13.0. The lowest BCUT2D eigenvalue weighted by Gasteiger charge is -2.08. The van der Waals surface area contributed by atoms with Crippen molar-refractivity contribution in [3.05, 3.63) is 0 Å². The Morgan fingerprint density at radius 1 is 1.70 bits per heavy atom. The minimum absolute atomic E-state index is 0.0972. The van der Waals surface area contributed by atoms with E-state index in [0.717, 1.165) is 6.42 Å². The summed E-state index contributed by atoms with van der Waals surface area (Å²) in [7, 11) is 0. The Bertz CT molecular complexity index is 101. The Morgan fingerprint density at radius 3 is 2.70 bits per heavy atom. The Balaban J connectivity index is 3.25. The van der Waals surface area contributed by atoms with Crippen LogP contribution in [0.3, 0.4) is 0 Å². The first-order valence-electron chi connectivity index (χ1n) is 3.50. The summed E-state index contributed by atoms with van der Waals surface area (Å²) in [4.78, 5) is 10.1. The van der Waals surface area contributed by atoms with Crippen LogP contribution in [0.4, 0.5) is 0 Å². The largest absolute Gasteiger partial charge is 0.481 e. The molecule has 3 nitrogen and oxygen atoms in total. The van der Waals surface area contributed by atoms with Gasteiger partial charge in [0.05, 0.1) is 12.5 Å². The summed E-state index contributed by atoms with van der Waals surface area (Å²) in [6.45, 7) is 4.41. The molecule has 0 heterocycles. The molecule has 0 fully saturated rings. The zero-order valence-electron chi connectivity index (χ0n) is 6.46. The van der Waals surface area contributed by atoms with Gasteiger partial charge in [0.25, 0.3) is 0 Å². The standard InChI is InChI=1S/C7H14O3/c1-3-4-10-6(2)5-7(8)9/h6H,3-5H2,1-2H3,(H,8,9)/t6-/m0/s1. The predicted molar refractivity (Wildman–Crippen MR) is 38.0 cm³/mol. The van der Waals surface area contributed by atoms with Gasteiger partial charge in [-0.25, -0.2) is 0 Å². The molecule has 0 bridgehead atoms. The van der Waals surface area contributed by atoms with Crippen LogP contribution < -0.4 is 0 Å². The summed E-state index contributed by atoms with van der Waals surface area (Å²) < 4.78 is 5.12. The van der Waals surface area contributed by atoms with E-state index in [1.807, 2.05) is 6.92 Å². The van der Waals surface area contributed by atoms with Gasteiger partial charge in [-0.3, -0.25) is 4.79 Å². The number of carboxylic acids is 1. The van der Waals surface area contributed by atoms with Crippen LogP contribution in [0.1, 0.15) is 26.7 Å². The molecular weight excluding hydrogens is 132 g/mol. The fourth-order valence-corrected chi connectivity index (χ4v) is 0.624. The zero-order chi connectivity index (χ0) is 7.98. The molecule has 0 radical (unpaired) electrons. The fourth-order valence-electron chi connectivity index (χ4n) is 0.624. The van der Waals surface area contributed by atoms with Crippen molar-refractivity contribution >= 4 is 5.97 Å². The summed E-state index contributed by atoms with van der Waals surface area (Å²) in [5.41, 5.74) is 0. The van der Waals surface area contributed by atoms with Crippen LogP contribution in [0, 0.1) is 0 Å². The highest BCUT2D eigenvalue weighted by Crippen LogP contribution is 1.97. The first-order valence-corrected chi connectivity index (χ1v) is 3.50. The van der Waals surface area contributed by atoms with Gasteiger partial charge in [0.1, 0.15) is 0 Å². The smallest absolute Gasteiger partial charge is 0.305 e. The third kappa shape index (κ3) is 5.56. The summed E-state index contributed by atoms with van der Waals surface area (Å²) in [5.74, 6) is -0.802. The van der Waals surface area contributed by atoms with Gasteiger partial charge in [0, 0.05) is 6.61 Å². The second-order valence-electron chi connectivity index (χ2n) is 2.28. The van der Waals surface area contributed by atoms with E-state index in [1.165, 1.54) is 0 Å². The highest BCUT2D eigenvalue weighted by Gasteiger charge is 2.05. The highest BCUT2D eigenvalue weighted by atomic mass is 16.5. The first-order chi connectivity index (χ1) is 4.66. The van der Waals surface area contributed by atoms with E-state index >= 15 is 0 Å². The summed E-state index contributed by atoms with van der Waals surface area (Å²) in [6.07, 6.45) is 0.877. The van der Waals surface area contributed by atoms with Crippen molar-refractivity contribution in [2.75, 3.05) is 6.61 Å². The molecule has 0 rings (SSSR count).